The highest BCUT2D eigenvalue weighted by Gasteiger charge is 2.26. The zero-order valence-electron chi connectivity index (χ0n) is 13.2. The molecule has 1 aliphatic heterocycles. The summed E-state index contributed by atoms with van der Waals surface area (Å²) in [4.78, 5) is 15.1. The lowest BCUT2D eigenvalue weighted by atomic mass is 10.1. The average Bonchev–Trinajstić information content (AvgIpc) is 2.45. The normalized spacial score (nSPS) is 21.0. The Balaban J connectivity index is 1.93. The van der Waals surface area contributed by atoms with E-state index < -0.39 is 0 Å². The number of morpholine rings is 1. The number of carbonyl (C=O) groups excluding carboxylic acids is 1. The van der Waals surface area contributed by atoms with Crippen LogP contribution in [-0.2, 0) is 9.53 Å². The van der Waals surface area contributed by atoms with Crippen molar-refractivity contribution < 1.29 is 13.9 Å². The van der Waals surface area contributed by atoms with E-state index in [4.69, 9.17) is 10.5 Å². The lowest BCUT2D eigenvalue weighted by Crippen LogP contribution is -2.48. The predicted molar refractivity (Wildman–Crippen MR) is 82.8 cm³/mol. The molecule has 1 aromatic rings. The molecule has 1 heterocycles. The third-order valence-corrected chi connectivity index (χ3v) is 3.99. The van der Waals surface area contributed by atoms with Gasteiger partial charge in [0.25, 0.3) is 0 Å². The topological polar surface area (TPSA) is 58.8 Å². The minimum atomic E-state index is -0.344. The van der Waals surface area contributed by atoms with Gasteiger partial charge in [0.15, 0.2) is 0 Å². The Bertz CT molecular complexity index is 512. The van der Waals surface area contributed by atoms with Gasteiger partial charge in [-0.15, -0.1) is 0 Å². The number of benzene rings is 1. The van der Waals surface area contributed by atoms with Crippen LogP contribution in [0, 0.1) is 5.82 Å². The SMILES string of the molecule is C[C@@H](c1cccc(F)c1)N1CCO[C@@H](CN(C)CC(N)=O)C1. The molecular weight excluding hydrogens is 285 g/mol. The summed E-state index contributed by atoms with van der Waals surface area (Å²) in [6, 6.07) is 6.84. The Morgan fingerprint density at radius 3 is 3.05 bits per heavy atom. The summed E-state index contributed by atoms with van der Waals surface area (Å²) in [6.45, 7) is 5.14. The van der Waals surface area contributed by atoms with Crippen molar-refractivity contribution in [2.45, 2.75) is 19.1 Å². The van der Waals surface area contributed by atoms with E-state index in [1.54, 1.807) is 12.1 Å². The molecule has 6 heteroatoms. The van der Waals surface area contributed by atoms with Crippen LogP contribution in [0.1, 0.15) is 18.5 Å². The first-order valence-electron chi connectivity index (χ1n) is 7.53. The van der Waals surface area contributed by atoms with Crippen molar-refractivity contribution in [2.24, 2.45) is 5.73 Å². The second-order valence-electron chi connectivity index (χ2n) is 5.88. The number of hydrogen-bond donors (Lipinski definition) is 1. The highest BCUT2D eigenvalue weighted by molar-refractivity contribution is 5.75. The summed E-state index contributed by atoms with van der Waals surface area (Å²) in [5, 5.41) is 0. The molecule has 0 unspecified atom stereocenters. The van der Waals surface area contributed by atoms with E-state index in [9.17, 15) is 9.18 Å². The number of ether oxygens (including phenoxy) is 1. The van der Waals surface area contributed by atoms with Gasteiger partial charge in [-0.3, -0.25) is 14.6 Å². The molecule has 22 heavy (non-hydrogen) atoms. The molecule has 2 atom stereocenters. The highest BCUT2D eigenvalue weighted by Crippen LogP contribution is 2.23. The Hall–Kier alpha value is -1.50. The highest BCUT2D eigenvalue weighted by atomic mass is 19.1. The molecule has 122 valence electrons. The molecule has 0 bridgehead atoms. The Morgan fingerprint density at radius 1 is 1.59 bits per heavy atom. The molecule has 1 amide bonds. The quantitative estimate of drug-likeness (QED) is 0.852. The number of nitrogens with two attached hydrogens (primary N) is 1. The van der Waals surface area contributed by atoms with Gasteiger partial charge in [-0.1, -0.05) is 12.1 Å². The lowest BCUT2D eigenvalue weighted by Gasteiger charge is -2.38. The number of likely N-dealkylation sites (N-methyl/N-ethyl adjacent to an activating group) is 1. The minimum Gasteiger partial charge on any atom is -0.374 e. The molecule has 0 aromatic heterocycles. The molecule has 2 rings (SSSR count). The minimum absolute atomic E-state index is 0.0223. The summed E-state index contributed by atoms with van der Waals surface area (Å²) < 4.78 is 19.1. The molecule has 0 radical (unpaired) electrons. The Kier molecular flexibility index (Phi) is 5.88. The molecule has 0 spiro atoms. The zero-order valence-corrected chi connectivity index (χ0v) is 13.2. The van der Waals surface area contributed by atoms with Gasteiger partial charge in [0.1, 0.15) is 5.82 Å². The van der Waals surface area contributed by atoms with Gasteiger partial charge in [-0.2, -0.15) is 0 Å². The van der Waals surface area contributed by atoms with E-state index in [1.807, 2.05) is 18.0 Å². The maximum Gasteiger partial charge on any atom is 0.231 e. The van der Waals surface area contributed by atoms with Crippen LogP contribution in [0.3, 0.4) is 0 Å². The van der Waals surface area contributed by atoms with Crippen molar-refractivity contribution in [1.29, 1.82) is 0 Å². The van der Waals surface area contributed by atoms with E-state index in [0.717, 1.165) is 18.7 Å². The molecule has 1 aliphatic rings. The first-order chi connectivity index (χ1) is 10.5. The van der Waals surface area contributed by atoms with Gasteiger partial charge in [-0.25, -0.2) is 4.39 Å². The first kappa shape index (κ1) is 16.9. The second kappa shape index (κ2) is 7.67. The Morgan fingerprint density at radius 2 is 2.36 bits per heavy atom. The Labute approximate surface area is 130 Å². The number of nitrogens with zero attached hydrogens (tertiary/aromatic N) is 2. The molecule has 1 saturated heterocycles. The standard InChI is InChI=1S/C16H24FN3O2/c1-12(13-4-3-5-14(17)8-13)20-6-7-22-15(10-20)9-19(2)11-16(18)21/h3-5,8,12,15H,6-7,9-11H2,1-2H3,(H2,18,21)/t12-,15-/m0/s1. The summed E-state index contributed by atoms with van der Waals surface area (Å²) in [6.07, 6.45) is 0.0223. The fourth-order valence-corrected chi connectivity index (χ4v) is 2.86. The van der Waals surface area contributed by atoms with Gasteiger partial charge >= 0.3 is 0 Å². The van der Waals surface area contributed by atoms with Gasteiger partial charge in [0.05, 0.1) is 19.3 Å². The monoisotopic (exact) mass is 309 g/mol. The van der Waals surface area contributed by atoms with Gasteiger partial charge in [0, 0.05) is 25.7 Å². The van der Waals surface area contributed by atoms with Crippen molar-refractivity contribution in [1.82, 2.24) is 9.80 Å². The zero-order chi connectivity index (χ0) is 16.1. The molecule has 1 aromatic carbocycles. The van der Waals surface area contributed by atoms with Crippen molar-refractivity contribution in [3.05, 3.63) is 35.6 Å². The molecule has 0 saturated carbocycles. The maximum atomic E-state index is 13.4. The fraction of sp³-hybridized carbons (Fsp3) is 0.562. The van der Waals surface area contributed by atoms with Crippen LogP contribution in [0.2, 0.25) is 0 Å². The van der Waals surface area contributed by atoms with Gasteiger partial charge < -0.3 is 10.5 Å². The largest absolute Gasteiger partial charge is 0.374 e. The number of hydrogen-bond acceptors (Lipinski definition) is 4. The van der Waals surface area contributed by atoms with Crippen molar-refractivity contribution in [2.75, 3.05) is 39.8 Å². The van der Waals surface area contributed by atoms with Crippen molar-refractivity contribution >= 4 is 5.91 Å². The van der Waals surface area contributed by atoms with Crippen LogP contribution in [-0.4, -0.2) is 61.6 Å². The van der Waals surface area contributed by atoms with Crippen LogP contribution in [0.4, 0.5) is 4.39 Å². The van der Waals surface area contributed by atoms with Crippen LogP contribution >= 0.6 is 0 Å². The van der Waals surface area contributed by atoms with Gasteiger partial charge in [0.2, 0.25) is 5.91 Å². The number of amides is 1. The van der Waals surface area contributed by atoms with E-state index >= 15 is 0 Å². The van der Waals surface area contributed by atoms with Crippen molar-refractivity contribution in [3.63, 3.8) is 0 Å². The summed E-state index contributed by atoms with van der Waals surface area (Å²) in [7, 11) is 1.85. The van der Waals surface area contributed by atoms with E-state index in [0.29, 0.717) is 13.2 Å². The van der Waals surface area contributed by atoms with Crippen molar-refractivity contribution in [3.8, 4) is 0 Å². The summed E-state index contributed by atoms with van der Waals surface area (Å²) in [5.74, 6) is -0.557. The maximum absolute atomic E-state index is 13.4. The van der Waals surface area contributed by atoms with Crippen LogP contribution < -0.4 is 5.73 Å². The van der Waals surface area contributed by atoms with Crippen LogP contribution in [0.5, 0.6) is 0 Å². The van der Waals surface area contributed by atoms with E-state index in [-0.39, 0.29) is 30.4 Å². The molecule has 2 N–H and O–H groups in total. The molecule has 0 aliphatic carbocycles. The first-order valence-corrected chi connectivity index (χ1v) is 7.53. The van der Waals surface area contributed by atoms with Gasteiger partial charge in [-0.05, 0) is 31.7 Å². The average molecular weight is 309 g/mol. The number of primary amides is 1. The molecule has 1 fully saturated rings. The van der Waals surface area contributed by atoms with E-state index in [1.165, 1.54) is 6.07 Å². The fourth-order valence-electron chi connectivity index (χ4n) is 2.86. The number of halogens is 1. The summed E-state index contributed by atoms with van der Waals surface area (Å²) >= 11 is 0. The lowest BCUT2D eigenvalue weighted by molar-refractivity contribution is -0.119. The predicted octanol–water partition coefficient (Wildman–Crippen LogP) is 1.00. The molecular formula is C16H24FN3O2. The molecule has 5 nitrogen and oxygen atoms in total. The number of rotatable bonds is 6. The third-order valence-electron chi connectivity index (χ3n) is 3.99. The van der Waals surface area contributed by atoms with E-state index in [2.05, 4.69) is 11.8 Å². The smallest absolute Gasteiger partial charge is 0.231 e. The van der Waals surface area contributed by atoms with Crippen LogP contribution in [0.15, 0.2) is 24.3 Å². The third kappa shape index (κ3) is 4.76. The van der Waals surface area contributed by atoms with Crippen LogP contribution in [0.25, 0.3) is 0 Å². The number of carbonyl (C=O) groups is 1. The summed E-state index contributed by atoms with van der Waals surface area (Å²) in [5.41, 5.74) is 6.16. The second-order valence-corrected chi connectivity index (χ2v) is 5.88.